The number of aliphatic hydroxyl groups excluding tert-OH is 3. The molecule has 0 amide bonds. The lowest BCUT2D eigenvalue weighted by atomic mass is 9.93. The van der Waals surface area contributed by atoms with Crippen LogP contribution in [0.2, 0.25) is 0 Å². The Balaban J connectivity index is 3.13. The number of hydrogen-bond acceptors (Lipinski definition) is 4. The molecule has 0 aliphatic heterocycles. The molecule has 0 aliphatic carbocycles. The van der Waals surface area contributed by atoms with Crippen molar-refractivity contribution in [3.8, 4) is 0 Å². The fourth-order valence-corrected chi connectivity index (χ4v) is 5.10. The highest BCUT2D eigenvalue weighted by atomic mass is 16.5. The Morgan fingerprint density at radius 3 is 0.865 bits per heavy atom. The molecule has 0 aromatic carbocycles. The first-order chi connectivity index (χ1) is 18.2. The molecule has 0 radical (unpaired) electrons. The Labute approximate surface area is 232 Å². The van der Waals surface area contributed by atoms with Gasteiger partial charge >= 0.3 is 0 Å². The Bertz CT molecular complexity index is 403. The van der Waals surface area contributed by atoms with Crippen LogP contribution in [0.1, 0.15) is 174 Å². The molecule has 0 aliphatic rings. The Morgan fingerprint density at radius 1 is 0.378 bits per heavy atom. The highest BCUT2D eigenvalue weighted by Gasteiger charge is 2.28. The lowest BCUT2D eigenvalue weighted by Crippen LogP contribution is -2.38. The molecular weight excluding hydrogens is 460 g/mol. The second-order valence-corrected chi connectivity index (χ2v) is 11.9. The van der Waals surface area contributed by atoms with Gasteiger partial charge in [0.05, 0.1) is 31.8 Å². The van der Waals surface area contributed by atoms with Crippen molar-refractivity contribution in [2.45, 2.75) is 174 Å². The van der Waals surface area contributed by atoms with E-state index >= 15 is 0 Å². The minimum absolute atomic E-state index is 0.218. The van der Waals surface area contributed by atoms with Crippen LogP contribution in [-0.2, 0) is 4.74 Å². The maximum Gasteiger partial charge on any atom is 0.0629 e. The van der Waals surface area contributed by atoms with E-state index in [2.05, 4.69) is 6.92 Å². The van der Waals surface area contributed by atoms with Gasteiger partial charge in [-0.25, -0.2) is 0 Å². The molecule has 0 atom stereocenters. The molecule has 0 rings (SSSR count). The molecule has 0 saturated heterocycles. The number of hydrogen-bond donors (Lipinski definition) is 3. The summed E-state index contributed by atoms with van der Waals surface area (Å²) in [5, 5.41) is 27.8. The third-order valence-corrected chi connectivity index (χ3v) is 8.06. The Morgan fingerprint density at radius 2 is 0.622 bits per heavy atom. The highest BCUT2D eigenvalue weighted by molar-refractivity contribution is 4.76. The second kappa shape index (κ2) is 30.4. The summed E-state index contributed by atoms with van der Waals surface area (Å²) in [5.41, 5.74) is -0.897. The van der Waals surface area contributed by atoms with Crippen molar-refractivity contribution in [1.29, 1.82) is 0 Å². The van der Waals surface area contributed by atoms with E-state index in [0.29, 0.717) is 6.61 Å². The Hall–Kier alpha value is -0.160. The lowest BCUT2D eigenvalue weighted by Gasteiger charge is -2.26. The summed E-state index contributed by atoms with van der Waals surface area (Å²) < 4.78 is 5.55. The zero-order chi connectivity index (χ0) is 27.1. The summed E-state index contributed by atoms with van der Waals surface area (Å²) in [6.07, 6.45) is 36.4. The summed E-state index contributed by atoms with van der Waals surface area (Å²) in [6, 6.07) is 0. The van der Waals surface area contributed by atoms with E-state index in [1.54, 1.807) is 0 Å². The number of rotatable bonds is 32. The Kier molecular flexibility index (Phi) is 30.3. The van der Waals surface area contributed by atoms with Crippen LogP contribution in [0.15, 0.2) is 0 Å². The topological polar surface area (TPSA) is 69.9 Å². The standard InChI is InChI=1S/C33H68O4/c1-2-3-4-5-6-7-8-9-10-11-12-13-14-15-16-17-18-19-20-21-22-23-24-25-26-27-28-37-32-33(29-34,30-35)31-36/h34-36H,2-32H2,1H3. The molecule has 37 heavy (non-hydrogen) atoms. The monoisotopic (exact) mass is 529 g/mol. The average molecular weight is 529 g/mol. The van der Waals surface area contributed by atoms with E-state index in [1.165, 1.54) is 161 Å². The fraction of sp³-hybridized carbons (Fsp3) is 1.00. The zero-order valence-corrected chi connectivity index (χ0v) is 25.2. The quantitative estimate of drug-likeness (QED) is 0.0761. The van der Waals surface area contributed by atoms with Gasteiger partial charge in [0, 0.05) is 6.61 Å². The summed E-state index contributed by atoms with van der Waals surface area (Å²) in [6.45, 7) is 2.40. The van der Waals surface area contributed by atoms with Gasteiger partial charge in [-0.15, -0.1) is 0 Å². The third-order valence-electron chi connectivity index (χ3n) is 8.06. The number of aliphatic hydroxyl groups is 3. The molecule has 0 aromatic heterocycles. The minimum Gasteiger partial charge on any atom is -0.396 e. The lowest BCUT2D eigenvalue weighted by molar-refractivity contribution is -0.0582. The molecule has 0 fully saturated rings. The maximum absolute atomic E-state index is 9.28. The van der Waals surface area contributed by atoms with Gasteiger partial charge in [-0.1, -0.05) is 167 Å². The summed E-state index contributed by atoms with van der Waals surface area (Å²) in [4.78, 5) is 0. The van der Waals surface area contributed by atoms with Crippen LogP contribution in [0.5, 0.6) is 0 Å². The molecule has 0 spiro atoms. The van der Waals surface area contributed by atoms with Crippen molar-refractivity contribution in [1.82, 2.24) is 0 Å². The summed E-state index contributed by atoms with van der Waals surface area (Å²) >= 11 is 0. The molecular formula is C33H68O4. The van der Waals surface area contributed by atoms with Crippen molar-refractivity contribution in [3.05, 3.63) is 0 Å². The molecule has 0 aromatic rings. The SMILES string of the molecule is CCCCCCCCCCCCCCCCCCCCCCCCCCCCOCC(CO)(CO)CO. The van der Waals surface area contributed by atoms with Crippen molar-refractivity contribution in [3.63, 3.8) is 0 Å². The molecule has 0 bridgehead atoms. The molecule has 224 valence electrons. The predicted octanol–water partition coefficient (Wildman–Crippen LogP) is 9.13. The van der Waals surface area contributed by atoms with Crippen LogP contribution in [0.4, 0.5) is 0 Å². The van der Waals surface area contributed by atoms with Crippen LogP contribution in [0.3, 0.4) is 0 Å². The van der Waals surface area contributed by atoms with Crippen molar-refractivity contribution >= 4 is 0 Å². The molecule has 4 nitrogen and oxygen atoms in total. The molecule has 0 unspecified atom stereocenters. The summed E-state index contributed by atoms with van der Waals surface area (Å²) in [5.74, 6) is 0. The van der Waals surface area contributed by atoms with Gasteiger partial charge in [0.2, 0.25) is 0 Å². The van der Waals surface area contributed by atoms with E-state index < -0.39 is 5.41 Å². The normalized spacial score (nSPS) is 12.0. The van der Waals surface area contributed by atoms with Gasteiger partial charge < -0.3 is 20.1 Å². The first kappa shape index (κ1) is 36.8. The first-order valence-electron chi connectivity index (χ1n) is 16.6. The predicted molar refractivity (Wildman–Crippen MR) is 160 cm³/mol. The van der Waals surface area contributed by atoms with Gasteiger partial charge in [0.15, 0.2) is 0 Å². The van der Waals surface area contributed by atoms with E-state index in [-0.39, 0.29) is 26.4 Å². The molecule has 0 saturated carbocycles. The van der Waals surface area contributed by atoms with Crippen LogP contribution in [0.25, 0.3) is 0 Å². The average Bonchev–Trinajstić information content (AvgIpc) is 2.92. The fourth-order valence-electron chi connectivity index (χ4n) is 5.10. The highest BCUT2D eigenvalue weighted by Crippen LogP contribution is 2.17. The van der Waals surface area contributed by atoms with E-state index in [0.717, 1.165) is 6.42 Å². The van der Waals surface area contributed by atoms with Crippen LogP contribution in [0, 0.1) is 5.41 Å². The van der Waals surface area contributed by atoms with Gasteiger partial charge in [-0.05, 0) is 6.42 Å². The molecule has 0 heterocycles. The van der Waals surface area contributed by atoms with Crippen molar-refractivity contribution < 1.29 is 20.1 Å². The number of unbranched alkanes of at least 4 members (excludes halogenated alkanes) is 25. The van der Waals surface area contributed by atoms with Crippen LogP contribution in [-0.4, -0.2) is 48.4 Å². The minimum atomic E-state index is -0.897. The van der Waals surface area contributed by atoms with E-state index in [4.69, 9.17) is 4.74 Å². The van der Waals surface area contributed by atoms with Crippen molar-refractivity contribution in [2.75, 3.05) is 33.0 Å². The second-order valence-electron chi connectivity index (χ2n) is 11.9. The largest absolute Gasteiger partial charge is 0.396 e. The number of ether oxygens (including phenoxy) is 1. The van der Waals surface area contributed by atoms with Gasteiger partial charge in [0.25, 0.3) is 0 Å². The van der Waals surface area contributed by atoms with E-state index in [1.807, 2.05) is 0 Å². The van der Waals surface area contributed by atoms with Gasteiger partial charge in [-0.3, -0.25) is 0 Å². The molecule has 3 N–H and O–H groups in total. The van der Waals surface area contributed by atoms with Gasteiger partial charge in [-0.2, -0.15) is 0 Å². The zero-order valence-electron chi connectivity index (χ0n) is 25.2. The van der Waals surface area contributed by atoms with Crippen molar-refractivity contribution in [2.24, 2.45) is 5.41 Å². The first-order valence-corrected chi connectivity index (χ1v) is 16.6. The maximum atomic E-state index is 9.28. The van der Waals surface area contributed by atoms with Crippen LogP contribution < -0.4 is 0 Å². The third kappa shape index (κ3) is 25.9. The van der Waals surface area contributed by atoms with Crippen LogP contribution >= 0.6 is 0 Å². The van der Waals surface area contributed by atoms with E-state index in [9.17, 15) is 15.3 Å². The summed E-state index contributed by atoms with van der Waals surface area (Å²) in [7, 11) is 0. The molecule has 4 heteroatoms. The smallest absolute Gasteiger partial charge is 0.0629 e. The van der Waals surface area contributed by atoms with Gasteiger partial charge in [0.1, 0.15) is 0 Å².